The molecule has 1 aliphatic carbocycles. The Morgan fingerprint density at radius 2 is 1.86 bits per heavy atom. The second-order valence-electron chi connectivity index (χ2n) is 6.52. The number of carbonyl (C=O) groups excluding carboxylic acids is 1. The van der Waals surface area contributed by atoms with Gasteiger partial charge in [-0.3, -0.25) is 4.79 Å². The van der Waals surface area contributed by atoms with E-state index in [2.05, 4.69) is 18.4 Å². The van der Waals surface area contributed by atoms with E-state index in [9.17, 15) is 4.79 Å². The molecule has 1 heterocycles. The largest absolute Gasteiger partial charge is 0.316 e. The number of hydrogen-bond donors (Lipinski definition) is 0. The first-order valence-electron chi connectivity index (χ1n) is 6.98. The van der Waals surface area contributed by atoms with Crippen molar-refractivity contribution in [2.24, 2.45) is 5.41 Å². The first kappa shape index (κ1) is 14.7. The SMILES string of the molecule is Cc1cc2c(n1-c1cc(Cl)ccc1Cl)CC(C)(C)CC2=O. The molecule has 0 atom stereocenters. The second-order valence-corrected chi connectivity index (χ2v) is 7.36. The summed E-state index contributed by atoms with van der Waals surface area (Å²) in [6.07, 6.45) is 1.44. The van der Waals surface area contributed by atoms with Crippen molar-refractivity contribution in [3.05, 3.63) is 51.3 Å². The summed E-state index contributed by atoms with van der Waals surface area (Å²) in [5, 5.41) is 1.27. The van der Waals surface area contributed by atoms with Crippen molar-refractivity contribution in [3.8, 4) is 5.69 Å². The average Bonchev–Trinajstić information content (AvgIpc) is 2.68. The van der Waals surface area contributed by atoms with E-state index >= 15 is 0 Å². The average molecular weight is 322 g/mol. The zero-order chi connectivity index (χ0) is 15.4. The van der Waals surface area contributed by atoms with Gasteiger partial charge in [-0.2, -0.15) is 0 Å². The van der Waals surface area contributed by atoms with E-state index in [1.54, 1.807) is 12.1 Å². The fourth-order valence-electron chi connectivity index (χ4n) is 3.14. The minimum atomic E-state index is -0.0301. The summed E-state index contributed by atoms with van der Waals surface area (Å²) in [5.41, 5.74) is 3.68. The number of fused-ring (bicyclic) bond motifs is 1. The maximum atomic E-state index is 12.4. The van der Waals surface area contributed by atoms with E-state index in [1.165, 1.54) is 0 Å². The number of aryl methyl sites for hydroxylation is 1. The van der Waals surface area contributed by atoms with Crippen LogP contribution in [0.15, 0.2) is 24.3 Å². The topological polar surface area (TPSA) is 22.0 Å². The van der Waals surface area contributed by atoms with Gasteiger partial charge in [0, 0.05) is 28.4 Å². The highest BCUT2D eigenvalue weighted by atomic mass is 35.5. The molecule has 0 fully saturated rings. The number of halogens is 2. The molecule has 4 heteroatoms. The van der Waals surface area contributed by atoms with Crippen molar-refractivity contribution in [1.29, 1.82) is 0 Å². The monoisotopic (exact) mass is 321 g/mol. The third-order valence-electron chi connectivity index (χ3n) is 4.02. The number of hydrogen-bond acceptors (Lipinski definition) is 1. The van der Waals surface area contributed by atoms with Crippen LogP contribution >= 0.6 is 23.2 Å². The maximum Gasteiger partial charge on any atom is 0.165 e. The fourth-order valence-corrected chi connectivity index (χ4v) is 3.51. The molecular weight excluding hydrogens is 305 g/mol. The molecule has 1 aromatic carbocycles. The Balaban J connectivity index is 2.26. The van der Waals surface area contributed by atoms with Gasteiger partial charge in [0.2, 0.25) is 0 Å². The maximum absolute atomic E-state index is 12.4. The standard InChI is InChI=1S/C17H17Cl2NO/c1-10-6-12-15(8-17(2,3)9-16(12)21)20(10)14-7-11(18)4-5-13(14)19/h4-7H,8-9H2,1-3H3. The van der Waals surface area contributed by atoms with Crippen molar-refractivity contribution >= 4 is 29.0 Å². The van der Waals surface area contributed by atoms with E-state index in [-0.39, 0.29) is 11.2 Å². The lowest BCUT2D eigenvalue weighted by molar-refractivity contribution is 0.0911. The highest BCUT2D eigenvalue weighted by Crippen LogP contribution is 2.38. The van der Waals surface area contributed by atoms with Crippen molar-refractivity contribution < 1.29 is 4.79 Å². The number of nitrogens with zero attached hydrogens (tertiary/aromatic N) is 1. The number of ketones is 1. The quantitative estimate of drug-likeness (QED) is 0.703. The van der Waals surface area contributed by atoms with E-state index in [0.29, 0.717) is 16.5 Å². The molecule has 0 aliphatic heterocycles. The van der Waals surface area contributed by atoms with Gasteiger partial charge in [-0.15, -0.1) is 0 Å². The van der Waals surface area contributed by atoms with Crippen LogP contribution in [0.3, 0.4) is 0 Å². The molecular formula is C17H17Cl2NO. The molecule has 0 N–H and O–H groups in total. The van der Waals surface area contributed by atoms with Crippen LogP contribution in [-0.2, 0) is 6.42 Å². The Kier molecular flexibility index (Phi) is 3.42. The number of carbonyl (C=O) groups is 1. The predicted octanol–water partition coefficient (Wildman–Crippen LogP) is 5.25. The molecule has 21 heavy (non-hydrogen) atoms. The molecule has 0 saturated heterocycles. The summed E-state index contributed by atoms with van der Waals surface area (Å²) in [4.78, 5) is 12.4. The lowest BCUT2D eigenvalue weighted by Crippen LogP contribution is -2.27. The molecule has 2 nitrogen and oxygen atoms in total. The van der Waals surface area contributed by atoms with Crippen LogP contribution in [0.2, 0.25) is 10.0 Å². The molecule has 1 aliphatic rings. The van der Waals surface area contributed by atoms with Crippen molar-refractivity contribution in [3.63, 3.8) is 0 Å². The fraction of sp³-hybridized carbons (Fsp3) is 0.353. The highest BCUT2D eigenvalue weighted by molar-refractivity contribution is 6.34. The van der Waals surface area contributed by atoms with Crippen molar-refractivity contribution in [2.45, 2.75) is 33.6 Å². The summed E-state index contributed by atoms with van der Waals surface area (Å²) in [6.45, 7) is 6.25. The minimum Gasteiger partial charge on any atom is -0.316 e. The van der Waals surface area contributed by atoms with E-state index in [1.807, 2.05) is 19.1 Å². The third kappa shape index (κ3) is 2.51. The Labute approximate surface area is 134 Å². The molecule has 0 bridgehead atoms. The van der Waals surface area contributed by atoms with Gasteiger partial charge in [0.05, 0.1) is 10.7 Å². The zero-order valence-corrected chi connectivity index (χ0v) is 13.8. The van der Waals surface area contributed by atoms with Gasteiger partial charge < -0.3 is 4.57 Å². The number of Topliss-reactive ketones (excluding diaryl/α,β-unsaturated/α-hetero) is 1. The van der Waals surface area contributed by atoms with Gasteiger partial charge in [0.25, 0.3) is 0 Å². The third-order valence-corrected chi connectivity index (χ3v) is 4.58. The molecule has 0 unspecified atom stereocenters. The lowest BCUT2D eigenvalue weighted by atomic mass is 9.76. The van der Waals surface area contributed by atoms with Gasteiger partial charge in [0.15, 0.2) is 5.78 Å². The van der Waals surface area contributed by atoms with Gasteiger partial charge in [0.1, 0.15) is 0 Å². The molecule has 3 rings (SSSR count). The zero-order valence-electron chi connectivity index (χ0n) is 12.3. The molecule has 0 radical (unpaired) electrons. The highest BCUT2D eigenvalue weighted by Gasteiger charge is 2.34. The molecule has 0 spiro atoms. The number of aromatic nitrogens is 1. The normalized spacial score (nSPS) is 16.9. The first-order valence-corrected chi connectivity index (χ1v) is 7.74. The lowest BCUT2D eigenvalue weighted by Gasteiger charge is -2.30. The smallest absolute Gasteiger partial charge is 0.165 e. The summed E-state index contributed by atoms with van der Waals surface area (Å²) >= 11 is 12.5. The van der Waals surface area contributed by atoms with Crippen LogP contribution in [0.4, 0.5) is 0 Å². The van der Waals surface area contributed by atoms with Crippen molar-refractivity contribution in [2.75, 3.05) is 0 Å². The summed E-state index contributed by atoms with van der Waals surface area (Å²) in [6, 6.07) is 7.38. The van der Waals surface area contributed by atoms with Gasteiger partial charge >= 0.3 is 0 Å². The van der Waals surface area contributed by atoms with Crippen LogP contribution in [0, 0.1) is 12.3 Å². The Morgan fingerprint density at radius 3 is 2.57 bits per heavy atom. The van der Waals surface area contributed by atoms with E-state index < -0.39 is 0 Å². The predicted molar refractivity (Wildman–Crippen MR) is 87.0 cm³/mol. The summed E-state index contributed by atoms with van der Waals surface area (Å²) in [5.74, 6) is 0.209. The van der Waals surface area contributed by atoms with Crippen molar-refractivity contribution in [1.82, 2.24) is 4.57 Å². The van der Waals surface area contributed by atoms with Crippen LogP contribution in [0.5, 0.6) is 0 Å². The molecule has 110 valence electrons. The van der Waals surface area contributed by atoms with E-state index in [4.69, 9.17) is 23.2 Å². The number of benzene rings is 1. The Bertz CT molecular complexity index is 743. The van der Waals surface area contributed by atoms with Crippen LogP contribution < -0.4 is 0 Å². The van der Waals surface area contributed by atoms with Gasteiger partial charge in [-0.1, -0.05) is 37.0 Å². The summed E-state index contributed by atoms with van der Waals surface area (Å²) < 4.78 is 2.07. The second kappa shape index (κ2) is 4.89. The molecule has 2 aromatic rings. The van der Waals surface area contributed by atoms with Gasteiger partial charge in [-0.05, 0) is 43.0 Å². The molecule has 1 aromatic heterocycles. The summed E-state index contributed by atoms with van der Waals surface area (Å²) in [7, 11) is 0. The first-order chi connectivity index (χ1) is 9.78. The number of rotatable bonds is 1. The minimum absolute atomic E-state index is 0.0301. The van der Waals surface area contributed by atoms with E-state index in [0.717, 1.165) is 29.1 Å². The van der Waals surface area contributed by atoms with Crippen LogP contribution in [-0.4, -0.2) is 10.4 Å². The van der Waals surface area contributed by atoms with Crippen LogP contribution in [0.25, 0.3) is 5.69 Å². The van der Waals surface area contributed by atoms with Gasteiger partial charge in [-0.25, -0.2) is 0 Å². The Hall–Kier alpha value is -1.25. The van der Waals surface area contributed by atoms with Crippen LogP contribution in [0.1, 0.15) is 42.0 Å². The Morgan fingerprint density at radius 1 is 1.14 bits per heavy atom. The molecule has 0 amide bonds. The molecule has 0 saturated carbocycles.